The molecule has 0 N–H and O–H groups in total. The molecule has 0 saturated carbocycles. The molecule has 0 saturated heterocycles. The summed E-state index contributed by atoms with van der Waals surface area (Å²) < 4.78 is 26.7. The molecule has 25 heavy (non-hydrogen) atoms. The van der Waals surface area contributed by atoms with E-state index in [1.807, 2.05) is 18.2 Å². The summed E-state index contributed by atoms with van der Waals surface area (Å²) in [5.74, 6) is 2.70. The molecule has 2 aromatic heterocycles. The van der Waals surface area contributed by atoms with Gasteiger partial charge in [-0.15, -0.1) is 0 Å². The van der Waals surface area contributed by atoms with E-state index in [1.165, 1.54) is 0 Å². The molecule has 0 fully saturated rings. The Morgan fingerprint density at radius 2 is 1.52 bits per heavy atom. The molecule has 0 atom stereocenters. The lowest BCUT2D eigenvalue weighted by Crippen LogP contribution is -1.95. The van der Waals surface area contributed by atoms with Gasteiger partial charge in [0, 0.05) is 23.4 Å². The Bertz CT molecular complexity index is 833. The van der Waals surface area contributed by atoms with Gasteiger partial charge in [-0.05, 0) is 18.2 Å². The molecule has 0 radical (unpaired) electrons. The molecule has 7 heteroatoms. The number of pyridine rings is 1. The van der Waals surface area contributed by atoms with Crippen LogP contribution in [-0.2, 0) is 0 Å². The number of nitrogens with zero attached hydrogens (tertiary/aromatic N) is 2. The van der Waals surface area contributed by atoms with Crippen LogP contribution in [0.15, 0.2) is 41.2 Å². The first-order valence-electron chi connectivity index (χ1n) is 7.47. The highest BCUT2D eigenvalue weighted by Gasteiger charge is 2.19. The smallest absolute Gasteiger partial charge is 0.212 e. The molecule has 3 aromatic rings. The van der Waals surface area contributed by atoms with Crippen molar-refractivity contribution in [2.45, 2.75) is 0 Å². The fraction of sp³-hybridized carbons (Fsp3) is 0.222. The van der Waals surface area contributed by atoms with E-state index < -0.39 is 0 Å². The van der Waals surface area contributed by atoms with Crippen LogP contribution >= 0.6 is 0 Å². The molecule has 0 spiro atoms. The molecule has 0 bridgehead atoms. The van der Waals surface area contributed by atoms with E-state index in [1.54, 1.807) is 46.9 Å². The van der Waals surface area contributed by atoms with Gasteiger partial charge in [0.25, 0.3) is 0 Å². The molecular formula is C18H18N2O5. The summed E-state index contributed by atoms with van der Waals surface area (Å²) in [7, 11) is 6.26. The van der Waals surface area contributed by atoms with Crippen LogP contribution in [0.5, 0.6) is 23.1 Å². The van der Waals surface area contributed by atoms with Crippen LogP contribution in [0.25, 0.3) is 22.5 Å². The lowest BCUT2D eigenvalue weighted by molar-refractivity contribution is 0.324. The van der Waals surface area contributed by atoms with E-state index in [0.717, 1.165) is 16.7 Å². The van der Waals surface area contributed by atoms with Gasteiger partial charge in [0.05, 0.1) is 40.2 Å². The molecule has 0 unspecified atom stereocenters. The van der Waals surface area contributed by atoms with E-state index in [2.05, 4.69) is 10.1 Å². The Hall–Kier alpha value is -3.22. The molecular weight excluding hydrogens is 324 g/mol. The van der Waals surface area contributed by atoms with Gasteiger partial charge in [0.15, 0.2) is 17.3 Å². The van der Waals surface area contributed by atoms with Crippen LogP contribution < -0.4 is 18.9 Å². The van der Waals surface area contributed by atoms with E-state index in [-0.39, 0.29) is 0 Å². The quantitative estimate of drug-likeness (QED) is 0.679. The van der Waals surface area contributed by atoms with E-state index in [0.29, 0.717) is 28.9 Å². The van der Waals surface area contributed by atoms with Crippen molar-refractivity contribution in [3.05, 3.63) is 36.7 Å². The minimum atomic E-state index is 0.515. The minimum absolute atomic E-state index is 0.515. The van der Waals surface area contributed by atoms with Crippen molar-refractivity contribution in [3.63, 3.8) is 0 Å². The number of rotatable bonds is 6. The van der Waals surface area contributed by atoms with Crippen LogP contribution in [-0.4, -0.2) is 38.6 Å². The zero-order valence-electron chi connectivity index (χ0n) is 14.4. The van der Waals surface area contributed by atoms with Gasteiger partial charge >= 0.3 is 0 Å². The van der Waals surface area contributed by atoms with E-state index in [9.17, 15) is 0 Å². The van der Waals surface area contributed by atoms with Gasteiger partial charge < -0.3 is 23.5 Å². The number of hydrogen-bond acceptors (Lipinski definition) is 7. The molecule has 7 nitrogen and oxygen atoms in total. The maximum atomic E-state index is 5.47. The van der Waals surface area contributed by atoms with Gasteiger partial charge in [-0.25, -0.2) is 4.98 Å². The average Bonchev–Trinajstić information content (AvgIpc) is 3.16. The van der Waals surface area contributed by atoms with Crippen LogP contribution in [0.2, 0.25) is 0 Å². The largest absolute Gasteiger partial charge is 0.493 e. The van der Waals surface area contributed by atoms with Crippen molar-refractivity contribution in [2.75, 3.05) is 28.4 Å². The van der Waals surface area contributed by atoms with Crippen LogP contribution in [0.4, 0.5) is 0 Å². The summed E-state index contributed by atoms with van der Waals surface area (Å²) in [4.78, 5) is 4.22. The third-order valence-corrected chi connectivity index (χ3v) is 3.75. The fourth-order valence-corrected chi connectivity index (χ4v) is 2.53. The molecule has 0 aliphatic carbocycles. The van der Waals surface area contributed by atoms with Crippen molar-refractivity contribution in [1.29, 1.82) is 0 Å². The maximum Gasteiger partial charge on any atom is 0.212 e. The first-order valence-corrected chi connectivity index (χ1v) is 7.47. The SMILES string of the molecule is COc1ccc(-c2cnoc2-c2cc(OC)c(OC)c(OC)c2)cn1. The molecule has 2 heterocycles. The standard InChI is InChI=1S/C18H18N2O5/c1-21-14-7-12(8-15(22-2)18(14)24-4)17-13(10-20-25-17)11-5-6-16(23-3)19-9-11/h5-10H,1-4H3. The molecule has 0 amide bonds. The van der Waals surface area contributed by atoms with E-state index >= 15 is 0 Å². The molecule has 130 valence electrons. The molecule has 0 aliphatic rings. The predicted octanol–water partition coefficient (Wildman–Crippen LogP) is 3.44. The summed E-state index contributed by atoms with van der Waals surface area (Å²) in [5.41, 5.74) is 2.40. The summed E-state index contributed by atoms with van der Waals surface area (Å²) in [6.45, 7) is 0. The summed E-state index contributed by atoms with van der Waals surface area (Å²) in [6.07, 6.45) is 3.34. The highest BCUT2D eigenvalue weighted by Crippen LogP contribution is 2.43. The Balaban J connectivity index is 2.10. The Kier molecular flexibility index (Phi) is 4.74. The second-order valence-corrected chi connectivity index (χ2v) is 5.07. The molecule has 0 aliphatic heterocycles. The van der Waals surface area contributed by atoms with Crippen LogP contribution in [0, 0.1) is 0 Å². The van der Waals surface area contributed by atoms with Gasteiger partial charge in [-0.1, -0.05) is 5.16 Å². The lowest BCUT2D eigenvalue weighted by Gasteiger charge is -2.13. The zero-order chi connectivity index (χ0) is 17.8. The highest BCUT2D eigenvalue weighted by molar-refractivity contribution is 5.81. The second kappa shape index (κ2) is 7.12. The summed E-state index contributed by atoms with van der Waals surface area (Å²) >= 11 is 0. The second-order valence-electron chi connectivity index (χ2n) is 5.07. The van der Waals surface area contributed by atoms with E-state index in [4.69, 9.17) is 23.5 Å². The van der Waals surface area contributed by atoms with Crippen molar-refractivity contribution < 1.29 is 23.5 Å². The maximum absolute atomic E-state index is 5.47. The Morgan fingerprint density at radius 3 is 2.04 bits per heavy atom. The average molecular weight is 342 g/mol. The summed E-state index contributed by atoms with van der Waals surface area (Å²) in [6, 6.07) is 7.28. The van der Waals surface area contributed by atoms with Crippen LogP contribution in [0.1, 0.15) is 0 Å². The van der Waals surface area contributed by atoms with Gasteiger partial charge in [0.2, 0.25) is 11.6 Å². The monoisotopic (exact) mass is 342 g/mol. The lowest BCUT2D eigenvalue weighted by atomic mass is 10.0. The first-order chi connectivity index (χ1) is 12.2. The summed E-state index contributed by atoms with van der Waals surface area (Å²) in [5, 5.41) is 3.92. The van der Waals surface area contributed by atoms with Crippen molar-refractivity contribution >= 4 is 0 Å². The third-order valence-electron chi connectivity index (χ3n) is 3.75. The molecule has 1 aromatic carbocycles. The zero-order valence-corrected chi connectivity index (χ0v) is 14.4. The number of benzene rings is 1. The predicted molar refractivity (Wildman–Crippen MR) is 91.4 cm³/mol. The molecule has 3 rings (SSSR count). The van der Waals surface area contributed by atoms with Crippen LogP contribution in [0.3, 0.4) is 0 Å². The van der Waals surface area contributed by atoms with Crippen molar-refractivity contribution in [3.8, 4) is 45.6 Å². The highest BCUT2D eigenvalue weighted by atomic mass is 16.5. The first kappa shape index (κ1) is 16.6. The Labute approximate surface area is 145 Å². The fourth-order valence-electron chi connectivity index (χ4n) is 2.53. The number of hydrogen-bond donors (Lipinski definition) is 0. The number of ether oxygens (including phenoxy) is 4. The number of aromatic nitrogens is 2. The third kappa shape index (κ3) is 3.08. The Morgan fingerprint density at radius 1 is 0.800 bits per heavy atom. The topological polar surface area (TPSA) is 75.8 Å². The number of methoxy groups -OCH3 is 4. The van der Waals surface area contributed by atoms with Crippen molar-refractivity contribution in [2.24, 2.45) is 0 Å². The van der Waals surface area contributed by atoms with Gasteiger partial charge in [-0.3, -0.25) is 0 Å². The van der Waals surface area contributed by atoms with Gasteiger partial charge in [0.1, 0.15) is 0 Å². The van der Waals surface area contributed by atoms with Crippen molar-refractivity contribution in [1.82, 2.24) is 10.1 Å². The van der Waals surface area contributed by atoms with Gasteiger partial charge in [-0.2, -0.15) is 0 Å². The minimum Gasteiger partial charge on any atom is -0.493 e. The normalized spacial score (nSPS) is 10.4.